The Morgan fingerprint density at radius 1 is 1.24 bits per heavy atom. The molecule has 96 valence electrons. The summed E-state index contributed by atoms with van der Waals surface area (Å²) in [5, 5.41) is 0.715. The first-order valence-corrected chi connectivity index (χ1v) is 7.09. The number of nitrogens with two attached hydrogens (primary N) is 1. The maximum atomic E-state index is 11.9. The second-order valence-electron chi connectivity index (χ2n) is 4.22. The molecule has 3 nitrogen and oxygen atoms in total. The number of anilines is 1. The van der Waals surface area contributed by atoms with Crippen molar-refractivity contribution in [3.63, 3.8) is 0 Å². The Morgan fingerprint density at radius 2 is 1.88 bits per heavy atom. The second-order valence-corrected chi connectivity index (χ2v) is 5.33. The smallest absolute Gasteiger partial charge is 0.174 e. The number of nitrogen functional groups attached to an aromatic ring is 1. The van der Waals surface area contributed by atoms with E-state index in [4.69, 9.17) is 5.73 Å². The predicted octanol–water partition coefficient (Wildman–Crippen LogP) is 3.03. The number of thiophene rings is 1. The lowest BCUT2D eigenvalue weighted by molar-refractivity contribution is 0.0968. The van der Waals surface area contributed by atoms with Crippen molar-refractivity contribution in [1.82, 2.24) is 4.90 Å². The fraction of sp³-hybridized carbons (Fsp3) is 0.615. The fourth-order valence-corrected chi connectivity index (χ4v) is 2.60. The minimum atomic E-state index is 0.212. The van der Waals surface area contributed by atoms with Crippen molar-refractivity contribution in [2.45, 2.75) is 33.1 Å². The third-order valence-corrected chi connectivity index (χ3v) is 3.59. The van der Waals surface area contributed by atoms with Gasteiger partial charge in [0.15, 0.2) is 5.78 Å². The lowest BCUT2D eigenvalue weighted by atomic mass is 10.2. The van der Waals surface area contributed by atoms with E-state index in [1.54, 1.807) is 6.07 Å². The third kappa shape index (κ3) is 4.88. The molecule has 0 aliphatic rings. The summed E-state index contributed by atoms with van der Waals surface area (Å²) < 4.78 is 0. The second kappa shape index (κ2) is 7.45. The summed E-state index contributed by atoms with van der Waals surface area (Å²) in [6.45, 7) is 7.36. The highest BCUT2D eigenvalue weighted by Crippen LogP contribution is 2.19. The molecule has 4 heteroatoms. The molecule has 0 atom stereocenters. The van der Waals surface area contributed by atoms with Gasteiger partial charge in [-0.3, -0.25) is 4.79 Å². The molecule has 0 amide bonds. The van der Waals surface area contributed by atoms with Gasteiger partial charge in [-0.2, -0.15) is 0 Å². The van der Waals surface area contributed by atoms with Crippen molar-refractivity contribution in [2.75, 3.05) is 25.4 Å². The molecule has 2 N–H and O–H groups in total. The van der Waals surface area contributed by atoms with Gasteiger partial charge in [0.05, 0.1) is 9.88 Å². The van der Waals surface area contributed by atoms with Crippen molar-refractivity contribution in [1.29, 1.82) is 0 Å². The van der Waals surface area contributed by atoms with Crippen LogP contribution >= 0.6 is 11.3 Å². The molecule has 0 aliphatic heterocycles. The minimum Gasteiger partial charge on any atom is -0.391 e. The Kier molecular flexibility index (Phi) is 6.22. The Hall–Kier alpha value is -0.870. The molecule has 0 saturated carbocycles. The van der Waals surface area contributed by atoms with Crippen LogP contribution in [0.4, 0.5) is 5.00 Å². The molecule has 0 bridgehead atoms. The summed E-state index contributed by atoms with van der Waals surface area (Å²) in [6.07, 6.45) is 2.88. The van der Waals surface area contributed by atoms with Gasteiger partial charge in [-0.15, -0.1) is 11.3 Å². The lowest BCUT2D eigenvalue weighted by Crippen LogP contribution is -2.27. The Bertz CT molecular complexity index is 343. The van der Waals surface area contributed by atoms with Crippen LogP contribution in [0.2, 0.25) is 0 Å². The van der Waals surface area contributed by atoms with E-state index < -0.39 is 0 Å². The zero-order valence-electron chi connectivity index (χ0n) is 10.7. The molecule has 1 rings (SSSR count). The van der Waals surface area contributed by atoms with Crippen molar-refractivity contribution >= 4 is 22.1 Å². The number of carbonyl (C=O) groups is 1. The average molecular weight is 254 g/mol. The summed E-state index contributed by atoms with van der Waals surface area (Å²) in [4.78, 5) is 15.0. The molecule has 0 unspecified atom stereocenters. The highest BCUT2D eigenvalue weighted by atomic mass is 32.1. The van der Waals surface area contributed by atoms with Gasteiger partial charge in [-0.1, -0.05) is 13.8 Å². The number of nitrogens with zero attached hydrogens (tertiary/aromatic N) is 1. The van der Waals surface area contributed by atoms with Crippen LogP contribution in [0.25, 0.3) is 0 Å². The van der Waals surface area contributed by atoms with Crippen LogP contribution in [0.3, 0.4) is 0 Å². The number of carbonyl (C=O) groups excluding carboxylic acids is 1. The van der Waals surface area contributed by atoms with Gasteiger partial charge in [-0.05, 0) is 38.1 Å². The Labute approximate surface area is 108 Å². The molecule has 1 aromatic heterocycles. The number of Topliss-reactive ketones (excluding diaryl/α,β-unsaturated/α-hetero) is 1. The molecule has 0 fully saturated rings. The topological polar surface area (TPSA) is 46.3 Å². The van der Waals surface area contributed by atoms with E-state index >= 15 is 0 Å². The maximum Gasteiger partial charge on any atom is 0.174 e. The molecule has 0 spiro atoms. The monoisotopic (exact) mass is 254 g/mol. The van der Waals surface area contributed by atoms with Gasteiger partial charge in [-0.25, -0.2) is 0 Å². The van der Waals surface area contributed by atoms with Gasteiger partial charge in [0.25, 0.3) is 0 Å². The molecular weight excluding hydrogens is 232 g/mol. The average Bonchev–Trinajstić information content (AvgIpc) is 2.73. The van der Waals surface area contributed by atoms with Crippen LogP contribution < -0.4 is 5.73 Å². The molecular formula is C13H22N2OS. The first kappa shape index (κ1) is 14.2. The van der Waals surface area contributed by atoms with Crippen LogP contribution in [0.15, 0.2) is 12.1 Å². The van der Waals surface area contributed by atoms with Crippen molar-refractivity contribution in [3.8, 4) is 0 Å². The van der Waals surface area contributed by atoms with Crippen LogP contribution in [0, 0.1) is 0 Å². The largest absolute Gasteiger partial charge is 0.391 e. The van der Waals surface area contributed by atoms with Gasteiger partial charge in [0, 0.05) is 13.0 Å². The molecule has 0 aliphatic carbocycles. The number of hydrogen-bond acceptors (Lipinski definition) is 4. The van der Waals surface area contributed by atoms with Gasteiger partial charge >= 0.3 is 0 Å². The highest BCUT2D eigenvalue weighted by molar-refractivity contribution is 7.17. The van der Waals surface area contributed by atoms with Crippen molar-refractivity contribution in [2.24, 2.45) is 0 Å². The molecule has 1 heterocycles. The van der Waals surface area contributed by atoms with Gasteiger partial charge in [0.1, 0.15) is 0 Å². The summed E-state index contributed by atoms with van der Waals surface area (Å²) in [5.74, 6) is 0.212. The molecule has 0 radical (unpaired) electrons. The third-order valence-electron chi connectivity index (χ3n) is 2.64. The van der Waals surface area contributed by atoms with E-state index in [0.717, 1.165) is 37.4 Å². The summed E-state index contributed by atoms with van der Waals surface area (Å²) in [6, 6.07) is 3.63. The lowest BCUT2D eigenvalue weighted by Gasteiger charge is -2.20. The normalized spacial score (nSPS) is 11.0. The summed E-state index contributed by atoms with van der Waals surface area (Å²) >= 11 is 1.38. The molecule has 0 saturated heterocycles. The first-order chi connectivity index (χ1) is 8.17. The zero-order valence-corrected chi connectivity index (χ0v) is 11.6. The van der Waals surface area contributed by atoms with Crippen LogP contribution in [0.5, 0.6) is 0 Å². The van der Waals surface area contributed by atoms with E-state index in [9.17, 15) is 4.79 Å². The van der Waals surface area contributed by atoms with Crippen molar-refractivity contribution in [3.05, 3.63) is 17.0 Å². The number of rotatable bonds is 8. The molecule has 1 aromatic rings. The van der Waals surface area contributed by atoms with E-state index in [2.05, 4.69) is 18.7 Å². The molecule has 17 heavy (non-hydrogen) atoms. The van der Waals surface area contributed by atoms with E-state index in [-0.39, 0.29) is 5.78 Å². The quantitative estimate of drug-likeness (QED) is 0.725. The number of ketones is 1. The van der Waals surface area contributed by atoms with Crippen molar-refractivity contribution < 1.29 is 4.79 Å². The number of hydrogen-bond donors (Lipinski definition) is 1. The SMILES string of the molecule is CCCN(CCC)CCC(=O)c1ccc(N)s1. The summed E-state index contributed by atoms with van der Waals surface area (Å²) in [5.41, 5.74) is 5.62. The highest BCUT2D eigenvalue weighted by Gasteiger charge is 2.10. The van der Waals surface area contributed by atoms with Crippen LogP contribution in [0.1, 0.15) is 42.8 Å². The van der Waals surface area contributed by atoms with E-state index in [1.807, 2.05) is 6.07 Å². The first-order valence-electron chi connectivity index (χ1n) is 6.28. The Balaban J connectivity index is 2.40. The molecule has 0 aromatic carbocycles. The van der Waals surface area contributed by atoms with Crippen LogP contribution in [-0.2, 0) is 0 Å². The predicted molar refractivity (Wildman–Crippen MR) is 74.7 cm³/mol. The van der Waals surface area contributed by atoms with E-state index in [1.165, 1.54) is 11.3 Å². The standard InChI is InChI=1S/C13H22N2OS/c1-3-8-15(9-4-2)10-7-11(16)12-5-6-13(14)17-12/h5-6H,3-4,7-10,14H2,1-2H3. The fourth-order valence-electron chi connectivity index (χ4n) is 1.85. The van der Waals surface area contributed by atoms with E-state index in [0.29, 0.717) is 11.4 Å². The maximum absolute atomic E-state index is 11.9. The zero-order chi connectivity index (χ0) is 12.7. The van der Waals surface area contributed by atoms with Crippen LogP contribution in [-0.4, -0.2) is 30.3 Å². The summed E-state index contributed by atoms with van der Waals surface area (Å²) in [7, 11) is 0. The Morgan fingerprint density at radius 3 is 2.35 bits per heavy atom. The van der Waals surface area contributed by atoms with Gasteiger partial charge < -0.3 is 10.6 Å². The minimum absolute atomic E-state index is 0.212. The van der Waals surface area contributed by atoms with Gasteiger partial charge in [0.2, 0.25) is 0 Å².